The first kappa shape index (κ1) is 15.5. The van der Waals surface area contributed by atoms with E-state index in [-0.39, 0.29) is 18.3 Å². The number of rotatable bonds is 4. The highest BCUT2D eigenvalue weighted by Crippen LogP contribution is 2.30. The number of hydrogen-bond donors (Lipinski definition) is 1. The maximum Gasteiger partial charge on any atom is 0.433 e. The largest absolute Gasteiger partial charge is 0.433 e. The number of aliphatic hydroxyl groups is 1. The number of aliphatic hydroxyl groups excluding tert-OH is 1. The van der Waals surface area contributed by atoms with E-state index in [1.807, 2.05) is 0 Å². The first-order valence-corrected chi connectivity index (χ1v) is 5.64. The number of aromatic nitrogens is 2. The van der Waals surface area contributed by atoms with Gasteiger partial charge in [-0.2, -0.15) is 18.2 Å². The first-order valence-electron chi connectivity index (χ1n) is 5.64. The van der Waals surface area contributed by atoms with Gasteiger partial charge in [0.05, 0.1) is 6.10 Å². The van der Waals surface area contributed by atoms with Crippen LogP contribution in [-0.2, 0) is 6.18 Å². The third-order valence-electron chi connectivity index (χ3n) is 2.33. The lowest BCUT2D eigenvalue weighted by Gasteiger charge is -2.22. The van der Waals surface area contributed by atoms with Crippen LogP contribution in [0.5, 0.6) is 0 Å². The molecule has 0 aliphatic heterocycles. The summed E-state index contributed by atoms with van der Waals surface area (Å²) in [4.78, 5) is 10.4. The second kappa shape index (κ2) is 5.60. The minimum Gasteiger partial charge on any atom is -0.392 e. The van der Waals surface area contributed by atoms with E-state index in [2.05, 4.69) is 9.97 Å². The number of nitrogens with zero attached hydrogens (tertiary/aromatic N) is 4. The van der Waals surface area contributed by atoms with Gasteiger partial charge in [-0.15, -0.1) is 0 Å². The third kappa shape index (κ3) is 4.23. The van der Waals surface area contributed by atoms with E-state index < -0.39 is 18.0 Å². The number of halogens is 3. The molecule has 19 heavy (non-hydrogen) atoms. The van der Waals surface area contributed by atoms with Gasteiger partial charge in [0.2, 0.25) is 5.95 Å². The molecule has 8 heteroatoms. The Morgan fingerprint density at radius 1 is 1.26 bits per heavy atom. The predicted octanol–water partition coefficient (Wildman–Crippen LogP) is 1.38. The molecule has 0 amide bonds. The Labute approximate surface area is 109 Å². The fourth-order valence-electron chi connectivity index (χ4n) is 1.45. The zero-order valence-corrected chi connectivity index (χ0v) is 11.2. The number of alkyl halides is 3. The molecule has 1 heterocycles. The van der Waals surface area contributed by atoms with Crippen LogP contribution < -0.4 is 9.80 Å². The standard InChI is InChI=1S/C11H17F3N4O/c1-7(19)6-18(4)10-15-8(11(12,13)14)5-9(16-10)17(2)3/h5,7,19H,6H2,1-4H3. The molecule has 0 radical (unpaired) electrons. The highest BCUT2D eigenvalue weighted by Gasteiger charge is 2.34. The lowest BCUT2D eigenvalue weighted by Crippen LogP contribution is -2.29. The van der Waals surface area contributed by atoms with Crippen molar-refractivity contribution in [1.29, 1.82) is 0 Å². The molecular weight excluding hydrogens is 261 g/mol. The second-order valence-corrected chi connectivity index (χ2v) is 4.53. The second-order valence-electron chi connectivity index (χ2n) is 4.53. The van der Waals surface area contributed by atoms with Gasteiger partial charge >= 0.3 is 6.18 Å². The van der Waals surface area contributed by atoms with Crippen molar-refractivity contribution in [3.8, 4) is 0 Å². The van der Waals surface area contributed by atoms with E-state index in [1.54, 1.807) is 14.1 Å². The van der Waals surface area contributed by atoms with Gasteiger partial charge in [0, 0.05) is 33.8 Å². The van der Waals surface area contributed by atoms with Crippen LogP contribution >= 0.6 is 0 Å². The monoisotopic (exact) mass is 278 g/mol. The van der Waals surface area contributed by atoms with Crippen LogP contribution in [-0.4, -0.2) is 48.9 Å². The van der Waals surface area contributed by atoms with Gasteiger partial charge in [0.25, 0.3) is 0 Å². The molecule has 0 aromatic carbocycles. The molecule has 108 valence electrons. The van der Waals surface area contributed by atoms with Crippen LogP contribution in [0.25, 0.3) is 0 Å². The van der Waals surface area contributed by atoms with E-state index >= 15 is 0 Å². The van der Waals surface area contributed by atoms with Crippen molar-refractivity contribution in [2.45, 2.75) is 19.2 Å². The molecular formula is C11H17F3N4O. The third-order valence-corrected chi connectivity index (χ3v) is 2.33. The van der Waals surface area contributed by atoms with Crippen LogP contribution in [0.1, 0.15) is 12.6 Å². The summed E-state index contributed by atoms with van der Waals surface area (Å²) < 4.78 is 38.3. The van der Waals surface area contributed by atoms with E-state index in [0.717, 1.165) is 6.07 Å². The molecule has 0 spiro atoms. The molecule has 0 bridgehead atoms. The topological polar surface area (TPSA) is 52.5 Å². The van der Waals surface area contributed by atoms with E-state index in [9.17, 15) is 18.3 Å². The van der Waals surface area contributed by atoms with Crippen LogP contribution in [0.3, 0.4) is 0 Å². The number of hydrogen-bond acceptors (Lipinski definition) is 5. The summed E-state index contributed by atoms with van der Waals surface area (Å²) in [5.41, 5.74) is -1.00. The Morgan fingerprint density at radius 2 is 1.84 bits per heavy atom. The van der Waals surface area contributed by atoms with Crippen LogP contribution in [0.2, 0.25) is 0 Å². The molecule has 1 atom stereocenters. The molecule has 0 aliphatic rings. The van der Waals surface area contributed by atoms with Gasteiger partial charge in [-0.25, -0.2) is 4.98 Å². The summed E-state index contributed by atoms with van der Waals surface area (Å²) in [6, 6.07) is 0.889. The van der Waals surface area contributed by atoms with Gasteiger partial charge in [-0.1, -0.05) is 0 Å². The normalized spacial score (nSPS) is 13.3. The summed E-state index contributed by atoms with van der Waals surface area (Å²) in [7, 11) is 4.73. The zero-order valence-electron chi connectivity index (χ0n) is 11.2. The van der Waals surface area contributed by atoms with E-state index in [0.29, 0.717) is 0 Å². The fraction of sp³-hybridized carbons (Fsp3) is 0.636. The van der Waals surface area contributed by atoms with Crippen molar-refractivity contribution < 1.29 is 18.3 Å². The van der Waals surface area contributed by atoms with E-state index in [1.165, 1.54) is 23.8 Å². The Bertz CT molecular complexity index is 434. The molecule has 0 saturated carbocycles. The molecule has 1 aromatic rings. The summed E-state index contributed by atoms with van der Waals surface area (Å²) in [6.07, 6.45) is -5.22. The molecule has 5 nitrogen and oxygen atoms in total. The van der Waals surface area contributed by atoms with Gasteiger partial charge in [0.15, 0.2) is 5.69 Å². The average molecular weight is 278 g/mol. The van der Waals surface area contributed by atoms with Crippen LogP contribution in [0.4, 0.5) is 24.9 Å². The maximum atomic E-state index is 12.8. The van der Waals surface area contributed by atoms with Crippen molar-refractivity contribution in [3.05, 3.63) is 11.8 Å². The number of likely N-dealkylation sites (N-methyl/N-ethyl adjacent to an activating group) is 1. The van der Waals surface area contributed by atoms with Crippen molar-refractivity contribution in [1.82, 2.24) is 9.97 Å². The highest BCUT2D eigenvalue weighted by molar-refractivity contribution is 5.45. The first-order chi connectivity index (χ1) is 8.61. The van der Waals surface area contributed by atoms with Crippen molar-refractivity contribution in [2.24, 2.45) is 0 Å². The van der Waals surface area contributed by atoms with Gasteiger partial charge in [0.1, 0.15) is 5.82 Å². The lowest BCUT2D eigenvalue weighted by molar-refractivity contribution is -0.141. The summed E-state index contributed by atoms with van der Waals surface area (Å²) >= 11 is 0. The Kier molecular flexibility index (Phi) is 4.56. The Morgan fingerprint density at radius 3 is 2.26 bits per heavy atom. The summed E-state index contributed by atoms with van der Waals surface area (Å²) in [5.74, 6) is 0.0918. The molecule has 1 N–H and O–H groups in total. The smallest absolute Gasteiger partial charge is 0.392 e. The highest BCUT2D eigenvalue weighted by atomic mass is 19.4. The lowest BCUT2D eigenvalue weighted by atomic mass is 10.3. The molecule has 0 fully saturated rings. The Balaban J connectivity index is 3.20. The van der Waals surface area contributed by atoms with Crippen LogP contribution in [0, 0.1) is 0 Å². The molecule has 1 unspecified atom stereocenters. The molecule has 0 aliphatic carbocycles. The average Bonchev–Trinajstić information content (AvgIpc) is 2.26. The van der Waals surface area contributed by atoms with Crippen molar-refractivity contribution >= 4 is 11.8 Å². The van der Waals surface area contributed by atoms with Crippen molar-refractivity contribution in [2.75, 3.05) is 37.5 Å². The van der Waals surface area contributed by atoms with Crippen molar-refractivity contribution in [3.63, 3.8) is 0 Å². The van der Waals surface area contributed by atoms with Crippen LogP contribution in [0.15, 0.2) is 6.07 Å². The molecule has 0 saturated heterocycles. The van der Waals surface area contributed by atoms with Gasteiger partial charge in [-0.3, -0.25) is 0 Å². The Hall–Kier alpha value is -1.57. The fourth-order valence-corrected chi connectivity index (χ4v) is 1.45. The minimum absolute atomic E-state index is 0.0700. The summed E-state index contributed by atoms with van der Waals surface area (Å²) in [6.45, 7) is 1.69. The van der Waals surface area contributed by atoms with Gasteiger partial charge in [-0.05, 0) is 6.92 Å². The van der Waals surface area contributed by atoms with E-state index in [4.69, 9.17) is 0 Å². The quantitative estimate of drug-likeness (QED) is 0.901. The summed E-state index contributed by atoms with van der Waals surface area (Å²) in [5, 5.41) is 9.26. The maximum absolute atomic E-state index is 12.8. The van der Waals surface area contributed by atoms with Gasteiger partial charge < -0.3 is 14.9 Å². The predicted molar refractivity (Wildman–Crippen MR) is 66.3 cm³/mol. The molecule has 1 rings (SSSR count). The minimum atomic E-state index is -4.53. The SMILES string of the molecule is CC(O)CN(C)c1nc(N(C)C)cc(C(F)(F)F)n1. The molecule has 1 aromatic heterocycles. The number of anilines is 2. The zero-order chi connectivity index (χ0) is 14.8.